The van der Waals surface area contributed by atoms with Gasteiger partial charge in [-0.1, -0.05) is 0 Å². The third-order valence-electron chi connectivity index (χ3n) is 16.6. The SMILES string of the molecule is CC(=O)N[C@H]1[C@H](O[C@@H]2[C@@H](CO)O[C@@H]3N[C@@]3(NC(C)=O)[C@H]2O)O[C@H](CO)[C@@H](O[C@@H]2O[C@H](CO[C@H]3O[C@H](CO)[C@@H](O)[C@H](O)[C@@H]3O[C@@H]3O[C@H](CO)[C@@H](O)[C@H](O)[C@H]3NC(C)=O)[C@@H](O)[C@H](O[C@H]3O[C@H](CO)[C@@H](O)[C@H](O)[C@@H]3O[C@@H]3O[C@H](CO)[C@@H](O)[C@H](O)[C@H]3NC(C)=O)[C@@H]2O)[C@@H]1O. The van der Waals surface area contributed by atoms with Gasteiger partial charge in [-0.15, -0.1) is 0 Å². The third-order valence-corrected chi connectivity index (χ3v) is 16.6. The van der Waals surface area contributed by atoms with Gasteiger partial charge in [-0.25, -0.2) is 0 Å². The zero-order valence-corrected chi connectivity index (χ0v) is 48.6. The average molecular weight is 1310 g/mol. The predicted molar refractivity (Wildman–Crippen MR) is 278 cm³/mol. The molecule has 40 nitrogen and oxygen atoms in total. The molecule has 4 amide bonds. The van der Waals surface area contributed by atoms with Crippen molar-refractivity contribution in [3.05, 3.63) is 0 Å². The highest BCUT2D eigenvalue weighted by Gasteiger charge is 2.69. The van der Waals surface area contributed by atoms with Crippen LogP contribution in [-0.2, 0) is 80.8 Å². The number of nitrogens with one attached hydrogen (secondary N) is 5. The number of amides is 4. The van der Waals surface area contributed by atoms with Crippen molar-refractivity contribution in [2.75, 3.05) is 46.2 Å². The lowest BCUT2D eigenvalue weighted by Crippen LogP contribution is -2.70. The topological polar surface area (TPSA) is 622 Å². The van der Waals surface area contributed by atoms with Crippen molar-refractivity contribution in [1.82, 2.24) is 26.6 Å². The Balaban J connectivity index is 1.13. The standard InChI is InChI=1S/C50H83N5O35/c1-12(62)51-23-31(71)26(66)16(5-56)79-43(23)89-40-34(74)28(68)18(7-58)81-47(40)78-11-22-30(70)39(88-48-41(35(75)29(69)19(8-59)82-48)90-44-24(52-13(2)63)32(72)27(67)17(6-57)80-44)36(76)46(84-22)86-37-20(9-60)83-45(25(33(37)73)53-14(3)64)87-38-21(10-61)85-49-50(55-49,42(38)77)54-15(4)65/h16-49,55-61,66-77H,5-11H2,1-4H3,(H,51,62)(H,52,63)(H,53,64)(H,54,65)/t16-,17-,18-,19-,20-,21-,22-,23-,24-,25-,26-,27-,28-,29-,30-,31-,32-,33-,34+,35+,36+,37-,38-,39+,40+,41+,42+,43+,44+,45+,46+,47+,48-,49+,50+/m1/s1. The van der Waals surface area contributed by atoms with Gasteiger partial charge in [0.25, 0.3) is 0 Å². The molecule has 40 heteroatoms. The van der Waals surface area contributed by atoms with Crippen LogP contribution in [-0.4, -0.2) is 376 Å². The fourth-order valence-electron chi connectivity index (χ4n) is 11.9. The molecule has 8 heterocycles. The monoisotopic (exact) mass is 1310 g/mol. The van der Waals surface area contributed by atoms with E-state index < -0.39 is 284 Å². The van der Waals surface area contributed by atoms with Gasteiger partial charge in [0.1, 0.15) is 171 Å². The Morgan fingerprint density at radius 1 is 0.356 bits per heavy atom. The van der Waals surface area contributed by atoms with Crippen LogP contribution in [0.4, 0.5) is 0 Å². The zero-order valence-electron chi connectivity index (χ0n) is 48.6. The van der Waals surface area contributed by atoms with Crippen LogP contribution in [0.1, 0.15) is 27.7 Å². The number of hydrogen-bond donors (Lipinski definition) is 23. The number of ether oxygens (including phenoxy) is 13. The lowest BCUT2D eigenvalue weighted by molar-refractivity contribution is -0.395. The van der Waals surface area contributed by atoms with E-state index in [1.165, 1.54) is 0 Å². The van der Waals surface area contributed by atoms with E-state index in [0.29, 0.717) is 0 Å². The van der Waals surface area contributed by atoms with Crippen LogP contribution < -0.4 is 26.6 Å². The van der Waals surface area contributed by atoms with Gasteiger partial charge >= 0.3 is 0 Å². The van der Waals surface area contributed by atoms with Crippen LogP contribution in [0.5, 0.6) is 0 Å². The second kappa shape index (κ2) is 30.6. The fraction of sp³-hybridized carbons (Fsp3) is 0.920. The van der Waals surface area contributed by atoms with Crippen molar-refractivity contribution in [2.24, 2.45) is 0 Å². The van der Waals surface area contributed by atoms with Gasteiger partial charge in [-0.3, -0.25) is 24.5 Å². The van der Waals surface area contributed by atoms with Crippen LogP contribution in [0.2, 0.25) is 0 Å². The first-order valence-corrected chi connectivity index (χ1v) is 28.7. The number of carbonyl (C=O) groups is 4. The Morgan fingerprint density at radius 3 is 1.16 bits per heavy atom. The minimum absolute atomic E-state index is 0.621. The molecule has 0 unspecified atom stereocenters. The van der Waals surface area contributed by atoms with Crippen molar-refractivity contribution in [3.8, 4) is 0 Å². The van der Waals surface area contributed by atoms with Gasteiger partial charge in [-0.05, 0) is 0 Å². The number of rotatable bonds is 23. The molecule has 8 fully saturated rings. The van der Waals surface area contributed by atoms with E-state index in [1.54, 1.807) is 0 Å². The van der Waals surface area contributed by atoms with Gasteiger partial charge in [0, 0.05) is 27.7 Å². The molecule has 8 saturated heterocycles. The fourth-order valence-corrected chi connectivity index (χ4v) is 11.9. The minimum Gasteiger partial charge on any atom is -0.394 e. The van der Waals surface area contributed by atoms with Crippen molar-refractivity contribution in [2.45, 2.75) is 242 Å². The summed E-state index contributed by atoms with van der Waals surface area (Å²) in [6.07, 6.45) is -60.0. The summed E-state index contributed by atoms with van der Waals surface area (Å²) in [5.74, 6) is -3.10. The molecule has 0 aromatic heterocycles. The predicted octanol–water partition coefficient (Wildman–Crippen LogP) is -15.8. The molecule has 0 spiro atoms. The second-order valence-corrected chi connectivity index (χ2v) is 23.0. The highest BCUT2D eigenvalue weighted by Crippen LogP contribution is 2.42. The molecular formula is C50H83N5O35. The maximum Gasteiger partial charge on any atom is 0.218 e. The van der Waals surface area contributed by atoms with E-state index in [9.17, 15) is 111 Å². The molecule has 23 N–H and O–H groups in total. The smallest absolute Gasteiger partial charge is 0.218 e. The Kier molecular flexibility index (Phi) is 24.6. The van der Waals surface area contributed by atoms with Crippen LogP contribution in [0.15, 0.2) is 0 Å². The van der Waals surface area contributed by atoms with Crippen LogP contribution in [0.25, 0.3) is 0 Å². The lowest BCUT2D eigenvalue weighted by atomic mass is 9.94. The van der Waals surface area contributed by atoms with Crippen molar-refractivity contribution >= 4 is 23.6 Å². The number of carbonyl (C=O) groups excluding carboxylic acids is 4. The van der Waals surface area contributed by atoms with E-state index >= 15 is 0 Å². The van der Waals surface area contributed by atoms with Gasteiger partial charge in [-0.2, -0.15) is 0 Å². The van der Waals surface area contributed by atoms with Gasteiger partial charge in [0.15, 0.2) is 43.4 Å². The number of fused-ring (bicyclic) bond motifs is 1. The summed E-state index contributed by atoms with van der Waals surface area (Å²) >= 11 is 0. The van der Waals surface area contributed by atoms with E-state index in [2.05, 4.69) is 26.6 Å². The largest absolute Gasteiger partial charge is 0.394 e. The molecule has 0 bridgehead atoms. The first-order chi connectivity index (χ1) is 42.6. The number of aliphatic hydroxyl groups is 18. The normalized spacial score (nSPS) is 48.8. The van der Waals surface area contributed by atoms with E-state index in [1.807, 2.05) is 0 Å². The molecule has 0 aliphatic carbocycles. The first kappa shape index (κ1) is 72.4. The summed E-state index contributed by atoms with van der Waals surface area (Å²) in [6, 6.07) is -5.18. The Labute approximate surface area is 510 Å². The van der Waals surface area contributed by atoms with E-state index in [4.69, 9.17) is 61.6 Å². The second-order valence-electron chi connectivity index (χ2n) is 23.0. The highest BCUT2D eigenvalue weighted by atomic mass is 16.8. The van der Waals surface area contributed by atoms with Crippen molar-refractivity contribution < 1.29 is 173 Å². The molecule has 0 radical (unpaired) electrons. The molecule has 35 atom stereocenters. The maximum atomic E-state index is 12.9. The molecule has 8 rings (SSSR count). The van der Waals surface area contributed by atoms with Crippen molar-refractivity contribution in [1.29, 1.82) is 0 Å². The van der Waals surface area contributed by atoms with Crippen molar-refractivity contribution in [3.63, 3.8) is 0 Å². The minimum atomic E-state index is -2.43. The molecular weight excluding hydrogens is 1230 g/mol. The lowest BCUT2D eigenvalue weighted by Gasteiger charge is -2.50. The molecule has 90 heavy (non-hydrogen) atoms. The Hall–Kier alpha value is -3.40. The summed E-state index contributed by atoms with van der Waals surface area (Å²) in [4.78, 5) is 49.7. The summed E-state index contributed by atoms with van der Waals surface area (Å²) in [6.45, 7) is -2.77. The summed E-state index contributed by atoms with van der Waals surface area (Å²) in [5, 5.41) is 211. The summed E-state index contributed by atoms with van der Waals surface area (Å²) in [7, 11) is 0. The summed E-state index contributed by atoms with van der Waals surface area (Å²) in [5.41, 5.74) is -1.64. The van der Waals surface area contributed by atoms with E-state index in [0.717, 1.165) is 27.7 Å². The summed E-state index contributed by atoms with van der Waals surface area (Å²) < 4.78 is 77.4. The first-order valence-electron chi connectivity index (χ1n) is 28.7. The average Bonchev–Trinajstić information content (AvgIpc) is 1.56. The van der Waals surface area contributed by atoms with Gasteiger partial charge in [0.05, 0.1) is 46.2 Å². The Morgan fingerprint density at radius 2 is 0.711 bits per heavy atom. The number of aliphatic hydroxyl groups excluding tert-OH is 18. The third kappa shape index (κ3) is 15.1. The van der Waals surface area contributed by atoms with Crippen LogP contribution in [0, 0.1) is 0 Å². The molecule has 8 aliphatic heterocycles. The van der Waals surface area contributed by atoms with Gasteiger partial charge in [0.2, 0.25) is 23.6 Å². The van der Waals surface area contributed by atoms with Crippen LogP contribution in [0.3, 0.4) is 0 Å². The van der Waals surface area contributed by atoms with Crippen LogP contribution >= 0.6 is 0 Å². The highest BCUT2D eigenvalue weighted by molar-refractivity contribution is 5.75. The maximum absolute atomic E-state index is 12.9. The molecule has 0 saturated carbocycles. The Bertz CT molecular complexity index is 2390. The quantitative estimate of drug-likeness (QED) is 0.0422. The van der Waals surface area contributed by atoms with Gasteiger partial charge < -0.3 is 175 Å². The zero-order chi connectivity index (χ0) is 66.1. The molecule has 0 aromatic rings. The van der Waals surface area contributed by atoms with E-state index in [-0.39, 0.29) is 0 Å². The molecule has 8 aliphatic rings. The molecule has 518 valence electrons. The molecule has 0 aromatic carbocycles. The number of hydrogen-bond acceptors (Lipinski definition) is 36.